The number of nitrogens with zero attached hydrogens (tertiary/aromatic N) is 5. The van der Waals surface area contributed by atoms with E-state index in [9.17, 15) is 24.3 Å². The molecule has 6 rings (SSSR count). The van der Waals surface area contributed by atoms with Gasteiger partial charge in [-0.15, -0.1) is 0 Å². The van der Waals surface area contributed by atoms with Gasteiger partial charge in [-0.2, -0.15) is 0 Å². The number of fused-ring (bicyclic) bond motifs is 1. The average molecular weight is 747 g/mol. The number of hydrogen-bond acceptors (Lipinski definition) is 9. The Balaban J connectivity index is 1.03. The van der Waals surface area contributed by atoms with Gasteiger partial charge in [0.15, 0.2) is 6.10 Å². The van der Waals surface area contributed by atoms with Gasteiger partial charge >= 0.3 is 18.1 Å². The maximum atomic E-state index is 14.2. The van der Waals surface area contributed by atoms with Gasteiger partial charge < -0.3 is 34.6 Å². The van der Waals surface area contributed by atoms with E-state index >= 15 is 0 Å². The monoisotopic (exact) mass is 746 g/mol. The normalized spacial score (nSPS) is 19.9. The van der Waals surface area contributed by atoms with Crippen LogP contribution in [0.15, 0.2) is 36.4 Å². The summed E-state index contributed by atoms with van der Waals surface area (Å²) in [5, 5.41) is 13.4. The number of benzene rings is 2. The van der Waals surface area contributed by atoms with E-state index in [0.29, 0.717) is 81.8 Å². The number of nitrogens with one attached hydrogen (secondary N) is 1. The van der Waals surface area contributed by atoms with Crippen molar-refractivity contribution in [3.8, 4) is 5.75 Å². The molecule has 4 heterocycles. The number of urea groups is 1. The first-order chi connectivity index (χ1) is 25.9. The van der Waals surface area contributed by atoms with Crippen LogP contribution >= 0.6 is 0 Å². The number of piperidine rings is 2. The molecule has 2 aromatic carbocycles. The fourth-order valence-electron chi connectivity index (χ4n) is 8.29. The minimum atomic E-state index is -1.02. The molecule has 4 amide bonds. The Labute approximate surface area is 319 Å². The van der Waals surface area contributed by atoms with Gasteiger partial charge in [0.1, 0.15) is 5.75 Å². The quantitative estimate of drug-likeness (QED) is 0.339. The highest BCUT2D eigenvalue weighted by molar-refractivity contribution is 5.91. The van der Waals surface area contributed by atoms with Crippen molar-refractivity contribution in [2.24, 2.45) is 5.92 Å². The van der Waals surface area contributed by atoms with E-state index in [1.807, 2.05) is 73.9 Å². The number of amides is 4. The molecule has 0 saturated carbocycles. The van der Waals surface area contributed by atoms with Gasteiger partial charge in [-0.25, -0.2) is 9.59 Å². The van der Waals surface area contributed by atoms with Crippen LogP contribution in [-0.4, -0.2) is 144 Å². The van der Waals surface area contributed by atoms with Gasteiger partial charge in [-0.05, 0) is 80.2 Å². The second-order valence-electron chi connectivity index (χ2n) is 15.8. The molecule has 0 unspecified atom stereocenters. The SMILES string of the molecule is Cc1cc(C[C@@H](OC(=O)N2CCC(N3CCc4ccccc4NC3=O)CC2)C(=O)N2CCN(C3CCN(CC(=O)OCC(C)C)CC3)CC2)cc(C)c1O. The van der Waals surface area contributed by atoms with Crippen LogP contribution in [0.1, 0.15) is 61.8 Å². The number of hydrogen-bond donors (Lipinski definition) is 2. The molecular formula is C41H58N6O7. The molecule has 54 heavy (non-hydrogen) atoms. The Morgan fingerprint density at radius 3 is 2.17 bits per heavy atom. The molecule has 1 atom stereocenters. The average Bonchev–Trinajstić information content (AvgIpc) is 3.34. The lowest BCUT2D eigenvalue weighted by Crippen LogP contribution is -2.57. The maximum Gasteiger partial charge on any atom is 0.410 e. The molecule has 0 aromatic heterocycles. The zero-order chi connectivity index (χ0) is 38.4. The van der Waals surface area contributed by atoms with Crippen LogP contribution in [0.5, 0.6) is 5.75 Å². The zero-order valence-electron chi connectivity index (χ0n) is 32.4. The second kappa shape index (κ2) is 17.9. The Kier molecular flexibility index (Phi) is 13.0. The van der Waals surface area contributed by atoms with E-state index in [0.717, 1.165) is 62.3 Å². The summed E-state index contributed by atoms with van der Waals surface area (Å²) in [7, 11) is 0. The number of anilines is 1. The first kappa shape index (κ1) is 39.3. The van der Waals surface area contributed by atoms with Crippen molar-refractivity contribution >= 4 is 29.7 Å². The van der Waals surface area contributed by atoms with E-state index in [1.165, 1.54) is 0 Å². The predicted octanol–water partition coefficient (Wildman–Crippen LogP) is 4.42. The fourth-order valence-corrected chi connectivity index (χ4v) is 8.29. The lowest BCUT2D eigenvalue weighted by molar-refractivity contribution is -0.146. The number of aryl methyl sites for hydroxylation is 2. The van der Waals surface area contributed by atoms with Gasteiger partial charge in [0.2, 0.25) is 0 Å². The number of esters is 1. The van der Waals surface area contributed by atoms with Gasteiger partial charge in [0.25, 0.3) is 5.91 Å². The molecule has 3 saturated heterocycles. The third-order valence-corrected chi connectivity index (χ3v) is 11.4. The van der Waals surface area contributed by atoms with Crippen LogP contribution in [0.2, 0.25) is 0 Å². The fraction of sp³-hybridized carbons (Fsp3) is 0.610. The number of aromatic hydroxyl groups is 1. The summed E-state index contributed by atoms with van der Waals surface area (Å²) < 4.78 is 11.5. The highest BCUT2D eigenvalue weighted by Crippen LogP contribution is 2.27. The first-order valence-corrected chi connectivity index (χ1v) is 19.8. The summed E-state index contributed by atoms with van der Waals surface area (Å²) in [6.07, 6.45) is 2.59. The number of phenols is 1. The van der Waals surface area contributed by atoms with Crippen molar-refractivity contribution < 1.29 is 33.8 Å². The number of piperazine rings is 1. The van der Waals surface area contributed by atoms with E-state index in [1.54, 1.807) is 4.90 Å². The van der Waals surface area contributed by atoms with Gasteiger partial charge in [0.05, 0.1) is 13.2 Å². The van der Waals surface area contributed by atoms with Crippen LogP contribution in [-0.2, 0) is 31.9 Å². The number of carbonyl (C=O) groups is 4. The summed E-state index contributed by atoms with van der Waals surface area (Å²) in [5.41, 5.74) is 4.19. The molecular weight excluding hydrogens is 688 g/mol. The van der Waals surface area contributed by atoms with Crippen molar-refractivity contribution in [2.75, 3.05) is 77.4 Å². The predicted molar refractivity (Wildman–Crippen MR) is 205 cm³/mol. The molecule has 13 heteroatoms. The van der Waals surface area contributed by atoms with E-state index in [4.69, 9.17) is 9.47 Å². The summed E-state index contributed by atoms with van der Waals surface area (Å²) >= 11 is 0. The Hall–Kier alpha value is -4.36. The third kappa shape index (κ3) is 9.84. The van der Waals surface area contributed by atoms with E-state index in [-0.39, 0.29) is 36.1 Å². The zero-order valence-corrected chi connectivity index (χ0v) is 32.4. The summed E-state index contributed by atoms with van der Waals surface area (Å²) in [5.74, 6) is 0.159. The van der Waals surface area contributed by atoms with Gasteiger partial charge in [-0.3, -0.25) is 19.4 Å². The molecule has 0 aliphatic carbocycles. The van der Waals surface area contributed by atoms with Crippen LogP contribution in [0.25, 0.3) is 0 Å². The van der Waals surface area contributed by atoms with Crippen molar-refractivity contribution in [1.82, 2.24) is 24.5 Å². The molecule has 0 bridgehead atoms. The first-order valence-electron chi connectivity index (χ1n) is 19.8. The molecule has 0 radical (unpaired) electrons. The third-order valence-electron chi connectivity index (χ3n) is 11.4. The van der Waals surface area contributed by atoms with Crippen molar-refractivity contribution in [3.63, 3.8) is 0 Å². The van der Waals surface area contributed by atoms with Crippen molar-refractivity contribution in [2.45, 2.75) is 84.4 Å². The van der Waals surface area contributed by atoms with Crippen molar-refractivity contribution in [1.29, 1.82) is 0 Å². The van der Waals surface area contributed by atoms with Crippen LogP contribution in [0, 0.1) is 19.8 Å². The Morgan fingerprint density at radius 2 is 1.50 bits per heavy atom. The largest absolute Gasteiger partial charge is 0.507 e. The Morgan fingerprint density at radius 1 is 0.852 bits per heavy atom. The summed E-state index contributed by atoms with van der Waals surface area (Å²) in [6.45, 7) is 14.1. The maximum absolute atomic E-state index is 14.2. The molecule has 4 aliphatic heterocycles. The topological polar surface area (TPSA) is 135 Å². The number of ether oxygens (including phenoxy) is 2. The minimum absolute atomic E-state index is 0.00139. The standard InChI is InChI=1S/C41H58N6O7/c1-28(2)27-53-37(48)26-43-14-10-33(11-15-43)44-19-21-45(22-20-44)39(50)36(25-31-23-29(3)38(49)30(4)24-31)54-41(52)46-16-12-34(13-17-46)47-18-9-32-7-5-6-8-35(32)42-40(47)51/h5-8,23-24,28,33-34,36,49H,9-22,25-27H2,1-4H3,(H,42,51)/t36-/m1/s1. The van der Waals surface area contributed by atoms with Crippen LogP contribution in [0.4, 0.5) is 15.3 Å². The molecule has 0 spiro atoms. The molecule has 2 aromatic rings. The summed E-state index contributed by atoms with van der Waals surface area (Å²) in [6, 6.07) is 11.8. The minimum Gasteiger partial charge on any atom is -0.507 e. The molecule has 4 aliphatic rings. The number of carbonyl (C=O) groups excluding carboxylic acids is 4. The molecule has 13 nitrogen and oxygen atoms in total. The van der Waals surface area contributed by atoms with Gasteiger partial charge in [-0.1, -0.05) is 44.2 Å². The van der Waals surface area contributed by atoms with Crippen molar-refractivity contribution in [3.05, 3.63) is 58.7 Å². The number of phenolic OH excluding ortho intramolecular Hbond substituents is 1. The van der Waals surface area contributed by atoms with Crippen LogP contribution in [0.3, 0.4) is 0 Å². The van der Waals surface area contributed by atoms with E-state index in [2.05, 4.69) is 15.1 Å². The highest BCUT2D eigenvalue weighted by atomic mass is 16.6. The molecule has 3 fully saturated rings. The molecule has 294 valence electrons. The number of likely N-dealkylation sites (tertiary alicyclic amines) is 2. The smallest absolute Gasteiger partial charge is 0.410 e. The Bertz CT molecular complexity index is 1620. The molecule has 2 N–H and O–H groups in total. The number of rotatable bonds is 10. The van der Waals surface area contributed by atoms with Crippen LogP contribution < -0.4 is 5.32 Å². The lowest BCUT2D eigenvalue weighted by Gasteiger charge is -2.43. The van der Waals surface area contributed by atoms with E-state index < -0.39 is 12.2 Å². The van der Waals surface area contributed by atoms with Gasteiger partial charge in [0, 0.05) is 83.1 Å². The lowest BCUT2D eigenvalue weighted by atomic mass is 10.00. The summed E-state index contributed by atoms with van der Waals surface area (Å²) in [4.78, 5) is 63.2. The highest BCUT2D eigenvalue weighted by Gasteiger charge is 2.36. The second-order valence-corrected chi connectivity index (χ2v) is 15.8. The number of para-hydroxylation sites is 1.